The highest BCUT2D eigenvalue weighted by atomic mass is 35.5. The van der Waals surface area contributed by atoms with Crippen LogP contribution in [0.2, 0.25) is 5.02 Å². The first kappa shape index (κ1) is 22.5. The van der Waals surface area contributed by atoms with Gasteiger partial charge in [0.1, 0.15) is 11.9 Å². The second-order valence-corrected chi connectivity index (χ2v) is 8.24. The van der Waals surface area contributed by atoms with Crippen molar-refractivity contribution in [1.82, 2.24) is 4.90 Å². The molecule has 1 saturated heterocycles. The molecular formula is C25H24ClF3N2O. The van der Waals surface area contributed by atoms with Gasteiger partial charge < -0.3 is 9.64 Å². The minimum atomic E-state index is -4.36. The molecule has 1 heterocycles. The molecule has 3 nitrogen and oxygen atoms in total. The van der Waals surface area contributed by atoms with E-state index in [0.29, 0.717) is 12.3 Å². The molecule has 1 unspecified atom stereocenters. The number of benzene rings is 3. The van der Waals surface area contributed by atoms with Crippen LogP contribution in [0.15, 0.2) is 78.9 Å². The van der Waals surface area contributed by atoms with Gasteiger partial charge in [0.05, 0.1) is 5.56 Å². The van der Waals surface area contributed by atoms with Crippen LogP contribution in [0.4, 0.5) is 18.9 Å². The molecule has 0 spiro atoms. The van der Waals surface area contributed by atoms with Crippen molar-refractivity contribution in [2.75, 3.05) is 37.6 Å². The van der Waals surface area contributed by atoms with E-state index in [1.54, 1.807) is 0 Å². The molecule has 0 aromatic heterocycles. The number of anilines is 1. The highest BCUT2D eigenvalue weighted by Crippen LogP contribution is 2.31. The largest absolute Gasteiger partial charge is 0.484 e. The zero-order chi connectivity index (χ0) is 22.6. The monoisotopic (exact) mass is 460 g/mol. The molecule has 168 valence electrons. The summed E-state index contributed by atoms with van der Waals surface area (Å²) in [4.78, 5) is 4.62. The fraction of sp³-hybridized carbons (Fsp3) is 0.280. The highest BCUT2D eigenvalue weighted by Gasteiger charge is 2.30. The zero-order valence-electron chi connectivity index (χ0n) is 17.4. The molecule has 4 rings (SSSR count). The topological polar surface area (TPSA) is 15.7 Å². The summed E-state index contributed by atoms with van der Waals surface area (Å²) in [6.45, 7) is 4.08. The smallest absolute Gasteiger partial charge is 0.416 e. The molecule has 0 radical (unpaired) electrons. The van der Waals surface area contributed by atoms with Crippen LogP contribution in [0.3, 0.4) is 0 Å². The van der Waals surface area contributed by atoms with Crippen LogP contribution in [-0.2, 0) is 6.18 Å². The molecule has 1 aliphatic rings. The maximum absolute atomic E-state index is 12.9. The number of piperazine rings is 1. The third kappa shape index (κ3) is 5.75. The SMILES string of the molecule is FC(F)(F)c1ccc(OC(CN2CCN(c3cccc(Cl)c3)CC2)c2ccccc2)cc1. The van der Waals surface area contributed by atoms with Crippen LogP contribution in [0.1, 0.15) is 17.2 Å². The Kier molecular flexibility index (Phi) is 6.92. The molecule has 3 aromatic rings. The summed E-state index contributed by atoms with van der Waals surface area (Å²) in [5.74, 6) is 0.421. The minimum absolute atomic E-state index is 0.286. The van der Waals surface area contributed by atoms with Gasteiger partial charge in [0.2, 0.25) is 0 Å². The van der Waals surface area contributed by atoms with Crippen molar-refractivity contribution in [3.05, 3.63) is 95.0 Å². The zero-order valence-corrected chi connectivity index (χ0v) is 18.2. The lowest BCUT2D eigenvalue weighted by Gasteiger charge is -2.37. The van der Waals surface area contributed by atoms with E-state index in [9.17, 15) is 13.2 Å². The third-order valence-electron chi connectivity index (χ3n) is 5.60. The Morgan fingerprint density at radius 3 is 2.16 bits per heavy atom. The van der Waals surface area contributed by atoms with Crippen molar-refractivity contribution in [3.8, 4) is 5.75 Å². The molecule has 1 atom stereocenters. The number of hydrogen-bond donors (Lipinski definition) is 0. The fourth-order valence-electron chi connectivity index (χ4n) is 3.86. The minimum Gasteiger partial charge on any atom is -0.484 e. The van der Waals surface area contributed by atoms with Crippen molar-refractivity contribution >= 4 is 17.3 Å². The number of rotatable bonds is 6. The molecule has 0 N–H and O–H groups in total. The molecule has 0 bridgehead atoms. The molecule has 1 fully saturated rings. The van der Waals surface area contributed by atoms with E-state index in [4.69, 9.17) is 16.3 Å². The first-order valence-corrected chi connectivity index (χ1v) is 10.9. The first-order chi connectivity index (χ1) is 15.4. The van der Waals surface area contributed by atoms with E-state index in [2.05, 4.69) is 15.9 Å². The standard InChI is InChI=1S/C25H24ClF3N2O/c26-21-7-4-8-22(17-21)31-15-13-30(14-16-31)18-24(19-5-2-1-3-6-19)32-23-11-9-20(10-12-23)25(27,28)29/h1-12,17,24H,13-16,18H2. The Morgan fingerprint density at radius 1 is 0.844 bits per heavy atom. The number of hydrogen-bond acceptors (Lipinski definition) is 3. The third-order valence-corrected chi connectivity index (χ3v) is 5.84. The Labute approximate surface area is 191 Å². The Balaban J connectivity index is 1.43. The van der Waals surface area contributed by atoms with Gasteiger partial charge in [-0.3, -0.25) is 4.90 Å². The number of halogens is 4. The van der Waals surface area contributed by atoms with Crippen LogP contribution in [-0.4, -0.2) is 37.6 Å². The van der Waals surface area contributed by atoms with Crippen molar-refractivity contribution in [2.24, 2.45) is 0 Å². The van der Waals surface area contributed by atoms with Crippen LogP contribution >= 0.6 is 11.6 Å². The van der Waals surface area contributed by atoms with Gasteiger partial charge >= 0.3 is 6.18 Å². The van der Waals surface area contributed by atoms with E-state index in [1.165, 1.54) is 12.1 Å². The molecular weight excluding hydrogens is 437 g/mol. The normalized spacial score (nSPS) is 16.1. The number of alkyl halides is 3. The Bertz CT molecular complexity index is 1000. The van der Waals surface area contributed by atoms with E-state index in [1.807, 2.05) is 48.5 Å². The van der Waals surface area contributed by atoms with Crippen LogP contribution in [0.25, 0.3) is 0 Å². The van der Waals surface area contributed by atoms with Gasteiger partial charge in [-0.2, -0.15) is 13.2 Å². The number of nitrogens with zero attached hydrogens (tertiary/aromatic N) is 2. The summed E-state index contributed by atoms with van der Waals surface area (Å²) < 4.78 is 44.8. The predicted molar refractivity (Wildman–Crippen MR) is 121 cm³/mol. The van der Waals surface area contributed by atoms with Crippen molar-refractivity contribution in [1.29, 1.82) is 0 Å². The van der Waals surface area contributed by atoms with Gasteiger partial charge in [0, 0.05) is 43.4 Å². The van der Waals surface area contributed by atoms with Crippen molar-refractivity contribution in [3.63, 3.8) is 0 Å². The summed E-state index contributed by atoms with van der Waals surface area (Å²) >= 11 is 6.13. The van der Waals surface area contributed by atoms with Gasteiger partial charge in [-0.25, -0.2) is 0 Å². The molecule has 0 aliphatic carbocycles. The van der Waals surface area contributed by atoms with Crippen molar-refractivity contribution < 1.29 is 17.9 Å². The maximum atomic E-state index is 12.9. The second-order valence-electron chi connectivity index (χ2n) is 7.81. The summed E-state index contributed by atoms with van der Waals surface area (Å²) in [6, 6.07) is 22.5. The lowest BCUT2D eigenvalue weighted by Crippen LogP contribution is -2.48. The van der Waals surface area contributed by atoms with Crippen LogP contribution in [0, 0.1) is 0 Å². The Morgan fingerprint density at radius 2 is 1.53 bits per heavy atom. The van der Waals surface area contributed by atoms with Gasteiger partial charge in [0.15, 0.2) is 0 Å². The van der Waals surface area contributed by atoms with Crippen LogP contribution < -0.4 is 9.64 Å². The van der Waals surface area contributed by atoms with Crippen LogP contribution in [0.5, 0.6) is 5.75 Å². The van der Waals surface area contributed by atoms with Crippen molar-refractivity contribution in [2.45, 2.75) is 12.3 Å². The quantitative estimate of drug-likeness (QED) is 0.429. The average molecular weight is 461 g/mol. The first-order valence-electron chi connectivity index (χ1n) is 10.5. The average Bonchev–Trinajstić information content (AvgIpc) is 2.79. The van der Waals surface area contributed by atoms with Gasteiger partial charge in [0.25, 0.3) is 0 Å². The van der Waals surface area contributed by atoms with E-state index < -0.39 is 11.7 Å². The van der Waals surface area contributed by atoms with E-state index in [0.717, 1.165) is 54.6 Å². The molecule has 0 saturated carbocycles. The molecule has 7 heteroatoms. The molecule has 3 aromatic carbocycles. The summed E-state index contributed by atoms with van der Waals surface area (Å²) in [7, 11) is 0. The summed E-state index contributed by atoms with van der Waals surface area (Å²) in [5.41, 5.74) is 1.42. The van der Waals surface area contributed by atoms with E-state index in [-0.39, 0.29) is 6.10 Å². The summed E-state index contributed by atoms with van der Waals surface area (Å²) in [5, 5.41) is 0.721. The molecule has 0 amide bonds. The lowest BCUT2D eigenvalue weighted by atomic mass is 10.1. The van der Waals surface area contributed by atoms with Gasteiger partial charge in [-0.1, -0.05) is 48.0 Å². The number of ether oxygens (including phenoxy) is 1. The second kappa shape index (κ2) is 9.84. The van der Waals surface area contributed by atoms with Gasteiger partial charge in [-0.15, -0.1) is 0 Å². The lowest BCUT2D eigenvalue weighted by molar-refractivity contribution is -0.137. The highest BCUT2D eigenvalue weighted by molar-refractivity contribution is 6.30. The van der Waals surface area contributed by atoms with Gasteiger partial charge in [-0.05, 0) is 48.0 Å². The maximum Gasteiger partial charge on any atom is 0.416 e. The Hall–Kier alpha value is -2.70. The predicted octanol–water partition coefficient (Wildman–Crippen LogP) is 6.30. The molecule has 1 aliphatic heterocycles. The van der Waals surface area contributed by atoms with E-state index >= 15 is 0 Å². The summed E-state index contributed by atoms with van der Waals surface area (Å²) in [6.07, 6.45) is -4.65. The fourth-order valence-corrected chi connectivity index (χ4v) is 4.05. The molecule has 32 heavy (non-hydrogen) atoms.